The number of phenolic OH excluding ortho intramolecular Hbond substituents is 1. The molecule has 1 fully saturated rings. The summed E-state index contributed by atoms with van der Waals surface area (Å²) in [6, 6.07) is 14.7. The zero-order valence-electron chi connectivity index (χ0n) is 13.9. The van der Waals surface area contributed by atoms with Crippen LogP contribution in [-0.4, -0.2) is 53.5 Å². The Hall–Kier alpha value is -2.11. The lowest BCUT2D eigenvalue weighted by atomic mass is 10.1. The highest BCUT2D eigenvalue weighted by Crippen LogP contribution is 2.14. The first-order valence-electron chi connectivity index (χ1n) is 8.34. The van der Waals surface area contributed by atoms with E-state index in [1.165, 1.54) is 5.56 Å². The van der Waals surface area contributed by atoms with Crippen LogP contribution in [0.1, 0.15) is 15.9 Å². The average Bonchev–Trinajstić information content (AvgIpc) is 2.64. The van der Waals surface area contributed by atoms with Gasteiger partial charge >= 0.3 is 0 Å². The number of benzene rings is 2. The molecule has 0 aromatic heterocycles. The maximum Gasteiger partial charge on any atom is 0.253 e. The summed E-state index contributed by atoms with van der Waals surface area (Å²) in [5.41, 5.74) is 1.81. The fourth-order valence-corrected chi connectivity index (χ4v) is 3.10. The molecule has 1 amide bonds. The van der Waals surface area contributed by atoms with Crippen LogP contribution in [0, 0.1) is 0 Å². The van der Waals surface area contributed by atoms with E-state index < -0.39 is 0 Å². The molecule has 5 heteroatoms. The van der Waals surface area contributed by atoms with Gasteiger partial charge in [0, 0.05) is 42.8 Å². The van der Waals surface area contributed by atoms with Crippen LogP contribution in [0.25, 0.3) is 6.08 Å². The number of nitrogens with zero attached hydrogens (tertiary/aromatic N) is 2. The van der Waals surface area contributed by atoms with Gasteiger partial charge in [0.2, 0.25) is 0 Å². The van der Waals surface area contributed by atoms with Crippen LogP contribution in [0.5, 0.6) is 5.75 Å². The molecule has 4 nitrogen and oxygen atoms in total. The van der Waals surface area contributed by atoms with Crippen molar-refractivity contribution in [1.29, 1.82) is 0 Å². The predicted molar refractivity (Wildman–Crippen MR) is 104 cm³/mol. The van der Waals surface area contributed by atoms with Crippen molar-refractivity contribution in [2.75, 3.05) is 32.7 Å². The van der Waals surface area contributed by atoms with Gasteiger partial charge in [0.05, 0.1) is 0 Å². The van der Waals surface area contributed by atoms with E-state index in [9.17, 15) is 9.90 Å². The molecule has 0 atom stereocenters. The smallest absolute Gasteiger partial charge is 0.253 e. The first-order valence-corrected chi connectivity index (χ1v) is 9.14. The van der Waals surface area contributed by atoms with Crippen LogP contribution in [0.3, 0.4) is 0 Å². The Morgan fingerprint density at radius 1 is 1.00 bits per heavy atom. The highest BCUT2D eigenvalue weighted by Gasteiger charge is 2.21. The van der Waals surface area contributed by atoms with Gasteiger partial charge in [-0.25, -0.2) is 0 Å². The van der Waals surface area contributed by atoms with E-state index in [1.807, 2.05) is 17.0 Å². The highest BCUT2D eigenvalue weighted by molar-refractivity contribution is 9.10. The molecular weight excluding hydrogens is 380 g/mol. The normalized spacial score (nSPS) is 15.6. The van der Waals surface area contributed by atoms with Gasteiger partial charge in [-0.3, -0.25) is 9.69 Å². The van der Waals surface area contributed by atoms with Crippen LogP contribution < -0.4 is 0 Å². The number of hydrogen-bond donors (Lipinski definition) is 1. The molecule has 2 aromatic carbocycles. The van der Waals surface area contributed by atoms with Crippen LogP contribution >= 0.6 is 15.9 Å². The molecule has 130 valence electrons. The number of carbonyl (C=O) groups excluding carboxylic acids is 1. The molecule has 2 aromatic rings. The Kier molecular flexibility index (Phi) is 5.89. The van der Waals surface area contributed by atoms with E-state index in [0.717, 1.165) is 37.2 Å². The molecule has 1 aliphatic heterocycles. The van der Waals surface area contributed by atoms with E-state index in [0.29, 0.717) is 5.56 Å². The van der Waals surface area contributed by atoms with Gasteiger partial charge in [-0.15, -0.1) is 0 Å². The summed E-state index contributed by atoms with van der Waals surface area (Å²) in [5, 5.41) is 9.32. The molecule has 0 radical (unpaired) electrons. The highest BCUT2D eigenvalue weighted by atomic mass is 79.9. The molecule has 0 bridgehead atoms. The molecule has 0 saturated carbocycles. The summed E-state index contributed by atoms with van der Waals surface area (Å²) in [4.78, 5) is 16.7. The van der Waals surface area contributed by atoms with Crippen LogP contribution in [-0.2, 0) is 0 Å². The van der Waals surface area contributed by atoms with Crippen molar-refractivity contribution in [3.63, 3.8) is 0 Å². The topological polar surface area (TPSA) is 43.8 Å². The van der Waals surface area contributed by atoms with E-state index in [4.69, 9.17) is 0 Å². The third-order valence-electron chi connectivity index (χ3n) is 4.32. The predicted octanol–water partition coefficient (Wildman–Crippen LogP) is 3.63. The van der Waals surface area contributed by atoms with Crippen molar-refractivity contribution in [3.8, 4) is 5.75 Å². The number of amides is 1. The molecular formula is C20H21BrN2O2. The molecule has 0 spiro atoms. The zero-order valence-corrected chi connectivity index (χ0v) is 15.5. The monoisotopic (exact) mass is 400 g/mol. The second-order valence-electron chi connectivity index (χ2n) is 6.09. The summed E-state index contributed by atoms with van der Waals surface area (Å²) < 4.78 is 1.08. The fraction of sp³-hybridized carbons (Fsp3) is 0.250. The summed E-state index contributed by atoms with van der Waals surface area (Å²) in [7, 11) is 0. The number of halogens is 1. The van der Waals surface area contributed by atoms with Gasteiger partial charge in [0.25, 0.3) is 5.91 Å². The number of rotatable bonds is 4. The molecule has 1 heterocycles. The Bertz CT molecular complexity index is 733. The Balaban J connectivity index is 1.47. The van der Waals surface area contributed by atoms with Gasteiger partial charge in [-0.2, -0.15) is 0 Å². The first-order chi connectivity index (χ1) is 12.1. The van der Waals surface area contributed by atoms with Gasteiger partial charge in [0.15, 0.2) is 0 Å². The second-order valence-corrected chi connectivity index (χ2v) is 7.01. The third-order valence-corrected chi connectivity index (χ3v) is 4.85. The van der Waals surface area contributed by atoms with Crippen LogP contribution in [0.15, 0.2) is 59.1 Å². The minimum absolute atomic E-state index is 0.0325. The van der Waals surface area contributed by atoms with Crippen LogP contribution in [0.2, 0.25) is 0 Å². The number of aromatic hydroxyl groups is 1. The van der Waals surface area contributed by atoms with E-state index >= 15 is 0 Å². The summed E-state index contributed by atoms with van der Waals surface area (Å²) in [6.07, 6.45) is 4.29. The average molecular weight is 401 g/mol. The van der Waals surface area contributed by atoms with Gasteiger partial charge in [-0.05, 0) is 42.0 Å². The first kappa shape index (κ1) is 17.7. The number of piperazine rings is 1. The molecule has 1 aliphatic rings. The number of phenols is 1. The van der Waals surface area contributed by atoms with E-state index in [1.54, 1.807) is 24.3 Å². The largest absolute Gasteiger partial charge is 0.508 e. The quantitative estimate of drug-likeness (QED) is 0.851. The van der Waals surface area contributed by atoms with E-state index in [-0.39, 0.29) is 11.7 Å². The van der Waals surface area contributed by atoms with Crippen molar-refractivity contribution >= 4 is 27.9 Å². The standard InChI is InChI=1S/C20H21BrN2O2/c21-18-7-3-16(4-8-18)2-1-11-22-12-14-23(15-13-22)20(25)17-5-9-19(24)10-6-17/h1-10,24H,11-15H2/b2-1+. The number of carbonyl (C=O) groups is 1. The lowest BCUT2D eigenvalue weighted by Gasteiger charge is -2.34. The molecule has 0 aliphatic carbocycles. The molecule has 0 unspecified atom stereocenters. The van der Waals surface area contributed by atoms with Crippen molar-refractivity contribution in [1.82, 2.24) is 9.80 Å². The van der Waals surface area contributed by atoms with Crippen molar-refractivity contribution in [2.45, 2.75) is 0 Å². The summed E-state index contributed by atoms with van der Waals surface area (Å²) >= 11 is 3.44. The molecule has 1 saturated heterocycles. The lowest BCUT2D eigenvalue weighted by molar-refractivity contribution is 0.0650. The van der Waals surface area contributed by atoms with Crippen molar-refractivity contribution in [3.05, 3.63) is 70.2 Å². The molecule has 3 rings (SSSR count). The fourth-order valence-electron chi connectivity index (χ4n) is 2.83. The minimum Gasteiger partial charge on any atom is -0.508 e. The Labute approximate surface area is 156 Å². The Morgan fingerprint density at radius 2 is 1.64 bits per heavy atom. The van der Waals surface area contributed by atoms with Crippen LogP contribution in [0.4, 0.5) is 0 Å². The van der Waals surface area contributed by atoms with Crippen molar-refractivity contribution < 1.29 is 9.90 Å². The maximum atomic E-state index is 12.5. The van der Waals surface area contributed by atoms with Crippen molar-refractivity contribution in [2.24, 2.45) is 0 Å². The minimum atomic E-state index is 0.0325. The van der Waals surface area contributed by atoms with E-state index in [2.05, 4.69) is 45.1 Å². The lowest BCUT2D eigenvalue weighted by Crippen LogP contribution is -2.48. The molecule has 1 N–H and O–H groups in total. The number of hydrogen-bond acceptors (Lipinski definition) is 3. The summed E-state index contributed by atoms with van der Waals surface area (Å²) in [5.74, 6) is 0.212. The van der Waals surface area contributed by atoms with Gasteiger partial charge in [0.1, 0.15) is 5.75 Å². The second kappa shape index (κ2) is 8.32. The maximum absolute atomic E-state index is 12.5. The third kappa shape index (κ3) is 4.94. The summed E-state index contributed by atoms with van der Waals surface area (Å²) in [6.45, 7) is 4.08. The zero-order chi connectivity index (χ0) is 17.6. The Morgan fingerprint density at radius 3 is 2.28 bits per heavy atom. The SMILES string of the molecule is O=C(c1ccc(O)cc1)N1CCN(C/C=C/c2ccc(Br)cc2)CC1. The van der Waals surface area contributed by atoms with Gasteiger partial charge in [-0.1, -0.05) is 40.2 Å². The van der Waals surface area contributed by atoms with Gasteiger partial charge < -0.3 is 10.0 Å². The molecule has 25 heavy (non-hydrogen) atoms.